The van der Waals surface area contributed by atoms with Gasteiger partial charge >= 0.3 is 0 Å². The van der Waals surface area contributed by atoms with E-state index in [1.54, 1.807) is 19.5 Å². The number of methoxy groups -OCH3 is 1. The molecule has 0 saturated carbocycles. The standard InChI is InChI=1S/C28H28N4O2/c1-19-12-23(33-2)7-8-25(19)31-28-22(15-29)16-30-17-24(28)27-14-21-13-20(6-9-26(21)34-27)18-32-10-4-3-5-11-32/h6-9,12-14,16-17H,3-5,10-11,18H2,1-2H3,(H,30,31). The van der Waals surface area contributed by atoms with Crippen LogP contribution in [0.4, 0.5) is 11.4 Å². The van der Waals surface area contributed by atoms with Crippen molar-refractivity contribution in [3.8, 4) is 23.1 Å². The van der Waals surface area contributed by atoms with Crippen molar-refractivity contribution in [2.75, 3.05) is 25.5 Å². The highest BCUT2D eigenvalue weighted by molar-refractivity contribution is 5.89. The molecule has 6 nitrogen and oxygen atoms in total. The van der Waals surface area contributed by atoms with Gasteiger partial charge in [-0.2, -0.15) is 5.26 Å². The Labute approximate surface area is 199 Å². The fourth-order valence-corrected chi connectivity index (χ4v) is 4.60. The summed E-state index contributed by atoms with van der Waals surface area (Å²) in [5.41, 5.74) is 5.91. The molecule has 0 amide bonds. The number of nitrogens with one attached hydrogen (secondary N) is 1. The third-order valence-electron chi connectivity index (χ3n) is 6.46. The Kier molecular flexibility index (Phi) is 6.20. The van der Waals surface area contributed by atoms with Gasteiger partial charge in [0.15, 0.2) is 0 Å². The number of hydrogen-bond acceptors (Lipinski definition) is 6. The number of benzene rings is 2. The lowest BCUT2D eigenvalue weighted by Crippen LogP contribution is -2.28. The van der Waals surface area contributed by atoms with Crippen LogP contribution < -0.4 is 10.1 Å². The van der Waals surface area contributed by atoms with E-state index in [4.69, 9.17) is 9.15 Å². The van der Waals surface area contributed by atoms with Gasteiger partial charge in [0.2, 0.25) is 0 Å². The Morgan fingerprint density at radius 2 is 1.94 bits per heavy atom. The van der Waals surface area contributed by atoms with E-state index in [1.165, 1.54) is 37.9 Å². The number of piperidine rings is 1. The molecular formula is C28H28N4O2. The van der Waals surface area contributed by atoms with Gasteiger partial charge in [-0.25, -0.2) is 0 Å². The van der Waals surface area contributed by atoms with Crippen molar-refractivity contribution in [2.45, 2.75) is 32.7 Å². The molecule has 0 atom stereocenters. The highest BCUT2D eigenvalue weighted by Crippen LogP contribution is 2.37. The number of likely N-dealkylation sites (tertiary alicyclic amines) is 1. The number of anilines is 2. The molecule has 34 heavy (non-hydrogen) atoms. The molecule has 1 fully saturated rings. The summed E-state index contributed by atoms with van der Waals surface area (Å²) in [5, 5.41) is 14.3. The van der Waals surface area contributed by atoms with Gasteiger partial charge in [-0.3, -0.25) is 9.88 Å². The third-order valence-corrected chi connectivity index (χ3v) is 6.46. The molecule has 0 radical (unpaired) electrons. The Morgan fingerprint density at radius 1 is 1.09 bits per heavy atom. The molecule has 0 spiro atoms. The van der Waals surface area contributed by atoms with Crippen LogP contribution >= 0.6 is 0 Å². The maximum absolute atomic E-state index is 9.77. The number of ether oxygens (including phenoxy) is 1. The zero-order valence-corrected chi connectivity index (χ0v) is 19.6. The predicted molar refractivity (Wildman–Crippen MR) is 134 cm³/mol. The molecule has 1 N–H and O–H groups in total. The normalized spacial score (nSPS) is 14.1. The van der Waals surface area contributed by atoms with Gasteiger partial charge < -0.3 is 14.5 Å². The van der Waals surface area contributed by atoms with E-state index < -0.39 is 0 Å². The Bertz CT molecular complexity index is 1360. The number of aromatic nitrogens is 1. The lowest BCUT2D eigenvalue weighted by molar-refractivity contribution is 0.221. The monoisotopic (exact) mass is 452 g/mol. The molecule has 1 aliphatic heterocycles. The maximum Gasteiger partial charge on any atom is 0.139 e. The van der Waals surface area contributed by atoms with Crippen LogP contribution in [0.5, 0.6) is 5.75 Å². The molecule has 2 aromatic carbocycles. The van der Waals surface area contributed by atoms with Crippen molar-refractivity contribution >= 4 is 22.3 Å². The molecule has 1 saturated heterocycles. The maximum atomic E-state index is 9.77. The topological polar surface area (TPSA) is 74.3 Å². The van der Waals surface area contributed by atoms with Crippen LogP contribution in [0.25, 0.3) is 22.3 Å². The van der Waals surface area contributed by atoms with Crippen LogP contribution in [0, 0.1) is 18.3 Å². The fourth-order valence-electron chi connectivity index (χ4n) is 4.60. The average molecular weight is 453 g/mol. The molecule has 3 heterocycles. The largest absolute Gasteiger partial charge is 0.497 e. The number of aryl methyl sites for hydroxylation is 1. The molecule has 1 aliphatic rings. The number of nitrogens with zero attached hydrogens (tertiary/aromatic N) is 3. The van der Waals surface area contributed by atoms with Crippen LogP contribution in [-0.2, 0) is 6.54 Å². The second kappa shape index (κ2) is 9.58. The lowest BCUT2D eigenvalue weighted by atomic mass is 10.1. The zero-order chi connectivity index (χ0) is 23.5. The first-order valence-corrected chi connectivity index (χ1v) is 11.7. The van der Waals surface area contributed by atoms with Crippen LogP contribution in [-0.4, -0.2) is 30.1 Å². The minimum atomic E-state index is 0.457. The molecule has 0 bridgehead atoms. The Hall–Kier alpha value is -3.82. The lowest BCUT2D eigenvalue weighted by Gasteiger charge is -2.26. The summed E-state index contributed by atoms with van der Waals surface area (Å²) in [6.07, 6.45) is 7.22. The minimum absolute atomic E-state index is 0.457. The van der Waals surface area contributed by atoms with Crippen molar-refractivity contribution in [2.24, 2.45) is 0 Å². The molecular weight excluding hydrogens is 424 g/mol. The first-order valence-electron chi connectivity index (χ1n) is 11.7. The highest BCUT2D eigenvalue weighted by atomic mass is 16.5. The van der Waals surface area contributed by atoms with E-state index in [2.05, 4.69) is 33.4 Å². The SMILES string of the molecule is COc1ccc(Nc2c(C#N)cncc2-c2cc3cc(CN4CCCCC4)ccc3o2)c(C)c1. The van der Waals surface area contributed by atoms with Crippen LogP contribution in [0.2, 0.25) is 0 Å². The summed E-state index contributed by atoms with van der Waals surface area (Å²) in [4.78, 5) is 6.82. The summed E-state index contributed by atoms with van der Waals surface area (Å²) in [6, 6.07) is 16.5. The van der Waals surface area contributed by atoms with Crippen LogP contribution in [0.15, 0.2) is 59.3 Å². The van der Waals surface area contributed by atoms with Crippen molar-refractivity contribution < 1.29 is 9.15 Å². The first-order chi connectivity index (χ1) is 16.6. The molecule has 0 aliphatic carbocycles. The van der Waals surface area contributed by atoms with Gasteiger partial charge in [0.25, 0.3) is 0 Å². The number of hydrogen-bond donors (Lipinski definition) is 1. The summed E-state index contributed by atoms with van der Waals surface area (Å²) in [7, 11) is 1.65. The van der Waals surface area contributed by atoms with Crippen molar-refractivity contribution in [3.63, 3.8) is 0 Å². The number of nitriles is 1. The number of rotatable bonds is 6. The number of furan rings is 1. The molecule has 4 aromatic rings. The summed E-state index contributed by atoms with van der Waals surface area (Å²) in [5.74, 6) is 1.47. The molecule has 172 valence electrons. The molecule has 2 aromatic heterocycles. The van der Waals surface area contributed by atoms with Gasteiger partial charge in [0.1, 0.15) is 23.2 Å². The smallest absolute Gasteiger partial charge is 0.139 e. The summed E-state index contributed by atoms with van der Waals surface area (Å²) >= 11 is 0. The van der Waals surface area contributed by atoms with E-state index in [9.17, 15) is 5.26 Å². The van der Waals surface area contributed by atoms with Gasteiger partial charge in [-0.05, 0) is 80.4 Å². The van der Waals surface area contributed by atoms with E-state index >= 15 is 0 Å². The number of pyridine rings is 1. The van der Waals surface area contributed by atoms with Gasteiger partial charge in [-0.1, -0.05) is 12.5 Å². The van der Waals surface area contributed by atoms with Crippen molar-refractivity contribution in [3.05, 3.63) is 71.5 Å². The van der Waals surface area contributed by atoms with E-state index in [0.717, 1.165) is 40.1 Å². The molecule has 6 heteroatoms. The third kappa shape index (κ3) is 4.48. The average Bonchev–Trinajstić information content (AvgIpc) is 3.29. The van der Waals surface area contributed by atoms with Crippen molar-refractivity contribution in [1.29, 1.82) is 5.26 Å². The van der Waals surface area contributed by atoms with Crippen LogP contribution in [0.3, 0.4) is 0 Å². The minimum Gasteiger partial charge on any atom is -0.497 e. The Morgan fingerprint density at radius 3 is 2.71 bits per heavy atom. The van der Waals surface area contributed by atoms with E-state index in [-0.39, 0.29) is 0 Å². The second-order valence-corrected chi connectivity index (χ2v) is 8.85. The van der Waals surface area contributed by atoms with E-state index in [1.807, 2.05) is 37.3 Å². The summed E-state index contributed by atoms with van der Waals surface area (Å²) in [6.45, 7) is 5.30. The van der Waals surface area contributed by atoms with Gasteiger partial charge in [0.05, 0.1) is 23.9 Å². The van der Waals surface area contributed by atoms with Crippen LogP contribution in [0.1, 0.15) is 36.0 Å². The first kappa shape index (κ1) is 22.0. The van der Waals surface area contributed by atoms with Gasteiger partial charge in [-0.15, -0.1) is 0 Å². The number of fused-ring (bicyclic) bond motifs is 1. The molecule has 5 rings (SSSR count). The molecule has 0 unspecified atom stereocenters. The van der Waals surface area contributed by atoms with Crippen molar-refractivity contribution in [1.82, 2.24) is 9.88 Å². The zero-order valence-electron chi connectivity index (χ0n) is 19.6. The Balaban J connectivity index is 1.49. The fraction of sp³-hybridized carbons (Fsp3) is 0.286. The highest BCUT2D eigenvalue weighted by Gasteiger charge is 2.17. The second-order valence-electron chi connectivity index (χ2n) is 8.85. The van der Waals surface area contributed by atoms with E-state index in [0.29, 0.717) is 17.0 Å². The summed E-state index contributed by atoms with van der Waals surface area (Å²) < 4.78 is 11.5. The predicted octanol–water partition coefficient (Wildman–Crippen LogP) is 6.41. The van der Waals surface area contributed by atoms with Gasteiger partial charge in [0, 0.05) is 30.0 Å². The quantitative estimate of drug-likeness (QED) is 0.364.